The van der Waals surface area contributed by atoms with E-state index >= 15 is 0 Å². The highest BCUT2D eigenvalue weighted by Gasteiger charge is 2.12. The van der Waals surface area contributed by atoms with Gasteiger partial charge in [0.1, 0.15) is 5.78 Å². The lowest BCUT2D eigenvalue weighted by Gasteiger charge is -2.21. The highest BCUT2D eigenvalue weighted by Crippen LogP contribution is 2.16. The van der Waals surface area contributed by atoms with Gasteiger partial charge < -0.3 is 5.32 Å². The Balaban J connectivity index is 2.09. The first-order chi connectivity index (χ1) is 5.29. The summed E-state index contributed by atoms with van der Waals surface area (Å²) >= 11 is 0. The molecule has 0 unspecified atom stereocenters. The van der Waals surface area contributed by atoms with Crippen LogP contribution in [-0.4, -0.2) is 18.4 Å². The Bertz CT molecular complexity index is 128. The second-order valence-electron chi connectivity index (χ2n) is 3.42. The van der Waals surface area contributed by atoms with Crippen LogP contribution in [0.4, 0.5) is 0 Å². The highest BCUT2D eigenvalue weighted by molar-refractivity contribution is 5.77. The molecule has 1 N–H and O–H groups in total. The third-order valence-corrected chi connectivity index (χ3v) is 2.24. The summed E-state index contributed by atoms with van der Waals surface area (Å²) in [5.74, 6) is 0.246. The van der Waals surface area contributed by atoms with E-state index in [1.165, 1.54) is 32.1 Å². The van der Waals surface area contributed by atoms with Gasteiger partial charge in [-0.2, -0.15) is 0 Å². The normalized spacial score (nSPS) is 20.1. The van der Waals surface area contributed by atoms with E-state index in [4.69, 9.17) is 0 Å². The van der Waals surface area contributed by atoms with E-state index in [1.807, 2.05) is 0 Å². The molecular weight excluding hydrogens is 138 g/mol. The molecule has 1 aliphatic carbocycles. The van der Waals surface area contributed by atoms with E-state index in [-0.39, 0.29) is 5.78 Å². The molecule has 64 valence electrons. The van der Waals surface area contributed by atoms with Gasteiger partial charge in [-0.3, -0.25) is 4.79 Å². The lowest BCUT2D eigenvalue weighted by Crippen LogP contribution is -2.34. The van der Waals surface area contributed by atoms with Gasteiger partial charge in [0, 0.05) is 6.04 Å². The van der Waals surface area contributed by atoms with Crippen molar-refractivity contribution in [1.82, 2.24) is 5.32 Å². The molecule has 1 aliphatic rings. The first kappa shape index (κ1) is 8.72. The summed E-state index contributed by atoms with van der Waals surface area (Å²) in [6.45, 7) is 2.19. The summed E-state index contributed by atoms with van der Waals surface area (Å²) in [6.07, 6.45) is 6.55. The zero-order valence-electron chi connectivity index (χ0n) is 7.23. The van der Waals surface area contributed by atoms with Gasteiger partial charge in [0.2, 0.25) is 0 Å². The highest BCUT2D eigenvalue weighted by atomic mass is 16.1. The molecule has 2 heteroatoms. The van der Waals surface area contributed by atoms with Crippen molar-refractivity contribution in [3.05, 3.63) is 0 Å². The molecule has 0 aromatic rings. The molecule has 0 spiro atoms. The number of ketones is 1. The molecule has 0 aromatic carbocycles. The topological polar surface area (TPSA) is 29.1 Å². The van der Waals surface area contributed by atoms with E-state index in [0.29, 0.717) is 12.6 Å². The largest absolute Gasteiger partial charge is 0.307 e. The molecule has 1 rings (SSSR count). The average Bonchev–Trinajstić information content (AvgIpc) is 2.03. The van der Waals surface area contributed by atoms with Crippen molar-refractivity contribution in [3.63, 3.8) is 0 Å². The number of carbonyl (C=O) groups is 1. The van der Waals surface area contributed by atoms with Crippen molar-refractivity contribution in [2.45, 2.75) is 45.1 Å². The van der Waals surface area contributed by atoms with Crippen molar-refractivity contribution in [2.75, 3.05) is 6.54 Å². The number of carbonyl (C=O) groups excluding carboxylic acids is 1. The monoisotopic (exact) mass is 155 g/mol. The van der Waals surface area contributed by atoms with E-state index < -0.39 is 0 Å². The van der Waals surface area contributed by atoms with E-state index in [1.54, 1.807) is 6.92 Å². The first-order valence-electron chi connectivity index (χ1n) is 4.52. The minimum absolute atomic E-state index is 0.246. The fraction of sp³-hybridized carbons (Fsp3) is 0.889. The van der Waals surface area contributed by atoms with Gasteiger partial charge in [0.15, 0.2) is 0 Å². The predicted octanol–water partition coefficient (Wildman–Crippen LogP) is 1.50. The SMILES string of the molecule is CC(=O)CNC1CCCCC1. The van der Waals surface area contributed by atoms with Crippen molar-refractivity contribution in [2.24, 2.45) is 0 Å². The molecule has 0 saturated heterocycles. The Labute approximate surface area is 68.4 Å². The average molecular weight is 155 g/mol. The molecule has 1 saturated carbocycles. The quantitative estimate of drug-likeness (QED) is 0.669. The molecule has 0 aromatic heterocycles. The lowest BCUT2D eigenvalue weighted by molar-refractivity contribution is -0.116. The fourth-order valence-corrected chi connectivity index (χ4v) is 1.59. The smallest absolute Gasteiger partial charge is 0.143 e. The van der Waals surface area contributed by atoms with Gasteiger partial charge in [0.25, 0.3) is 0 Å². The minimum Gasteiger partial charge on any atom is -0.307 e. The van der Waals surface area contributed by atoms with Gasteiger partial charge in [-0.1, -0.05) is 19.3 Å². The van der Waals surface area contributed by atoms with Crippen molar-refractivity contribution in [1.29, 1.82) is 0 Å². The van der Waals surface area contributed by atoms with Gasteiger partial charge >= 0.3 is 0 Å². The number of hydrogen-bond acceptors (Lipinski definition) is 2. The van der Waals surface area contributed by atoms with Crippen LogP contribution in [-0.2, 0) is 4.79 Å². The second kappa shape index (κ2) is 4.50. The summed E-state index contributed by atoms with van der Waals surface area (Å²) in [7, 11) is 0. The van der Waals surface area contributed by atoms with Gasteiger partial charge in [0.05, 0.1) is 6.54 Å². The second-order valence-corrected chi connectivity index (χ2v) is 3.42. The van der Waals surface area contributed by atoms with E-state index in [9.17, 15) is 4.79 Å². The molecule has 2 nitrogen and oxygen atoms in total. The maximum Gasteiger partial charge on any atom is 0.143 e. The van der Waals surface area contributed by atoms with Crippen LogP contribution in [0, 0.1) is 0 Å². The fourth-order valence-electron chi connectivity index (χ4n) is 1.59. The molecule has 0 amide bonds. The van der Waals surface area contributed by atoms with Crippen LogP contribution in [0.25, 0.3) is 0 Å². The Hall–Kier alpha value is -0.370. The van der Waals surface area contributed by atoms with Crippen LogP contribution < -0.4 is 5.32 Å². The van der Waals surface area contributed by atoms with Crippen LogP contribution in [0.5, 0.6) is 0 Å². The number of Topliss-reactive ketones (excluding diaryl/α,β-unsaturated/α-hetero) is 1. The molecule has 0 heterocycles. The summed E-state index contributed by atoms with van der Waals surface area (Å²) in [4.78, 5) is 10.6. The molecule has 11 heavy (non-hydrogen) atoms. The third kappa shape index (κ3) is 3.51. The van der Waals surface area contributed by atoms with Gasteiger partial charge in [-0.25, -0.2) is 0 Å². The molecular formula is C9H17NO. The van der Waals surface area contributed by atoms with Crippen LogP contribution in [0.1, 0.15) is 39.0 Å². The minimum atomic E-state index is 0.246. The van der Waals surface area contributed by atoms with Crippen molar-refractivity contribution >= 4 is 5.78 Å². The summed E-state index contributed by atoms with van der Waals surface area (Å²) < 4.78 is 0. The summed E-state index contributed by atoms with van der Waals surface area (Å²) in [5, 5.41) is 3.27. The first-order valence-corrected chi connectivity index (χ1v) is 4.52. The van der Waals surface area contributed by atoms with Crippen LogP contribution in [0.2, 0.25) is 0 Å². The summed E-state index contributed by atoms with van der Waals surface area (Å²) in [6, 6.07) is 0.618. The standard InChI is InChI=1S/C9H17NO/c1-8(11)7-10-9-5-3-2-4-6-9/h9-10H,2-7H2,1H3. The van der Waals surface area contributed by atoms with Crippen LogP contribution in [0.3, 0.4) is 0 Å². The molecule has 0 aliphatic heterocycles. The molecule has 0 atom stereocenters. The van der Waals surface area contributed by atoms with Crippen molar-refractivity contribution in [3.8, 4) is 0 Å². The van der Waals surface area contributed by atoms with Crippen molar-refractivity contribution < 1.29 is 4.79 Å². The zero-order chi connectivity index (χ0) is 8.10. The number of nitrogens with one attached hydrogen (secondary N) is 1. The third-order valence-electron chi connectivity index (χ3n) is 2.24. The van der Waals surface area contributed by atoms with Gasteiger partial charge in [-0.15, -0.1) is 0 Å². The van der Waals surface area contributed by atoms with Gasteiger partial charge in [-0.05, 0) is 19.8 Å². The van der Waals surface area contributed by atoms with E-state index in [2.05, 4.69) is 5.32 Å². The Morgan fingerprint density at radius 2 is 2.00 bits per heavy atom. The van der Waals surface area contributed by atoms with Crippen LogP contribution in [0.15, 0.2) is 0 Å². The Morgan fingerprint density at radius 3 is 2.55 bits per heavy atom. The van der Waals surface area contributed by atoms with Crippen LogP contribution >= 0.6 is 0 Å². The maximum absolute atomic E-state index is 10.6. The molecule has 0 bridgehead atoms. The number of hydrogen-bond donors (Lipinski definition) is 1. The molecule has 1 fully saturated rings. The Kier molecular flexibility index (Phi) is 3.57. The Morgan fingerprint density at radius 1 is 1.36 bits per heavy atom. The zero-order valence-corrected chi connectivity index (χ0v) is 7.23. The predicted molar refractivity (Wildman–Crippen MR) is 45.6 cm³/mol. The van der Waals surface area contributed by atoms with E-state index in [0.717, 1.165) is 0 Å². The number of rotatable bonds is 3. The lowest BCUT2D eigenvalue weighted by atomic mass is 9.95. The maximum atomic E-state index is 10.6. The summed E-state index contributed by atoms with van der Waals surface area (Å²) in [5.41, 5.74) is 0. The molecule has 0 radical (unpaired) electrons.